The lowest BCUT2D eigenvalue weighted by molar-refractivity contribution is -0.136. The first-order chi connectivity index (χ1) is 16.4. The summed E-state index contributed by atoms with van der Waals surface area (Å²) in [6.45, 7) is 1.46. The van der Waals surface area contributed by atoms with Gasteiger partial charge in [0.25, 0.3) is 0 Å². The minimum absolute atomic E-state index is 0.0187. The van der Waals surface area contributed by atoms with Crippen molar-refractivity contribution in [3.63, 3.8) is 0 Å². The topological polar surface area (TPSA) is 76.2 Å². The molecule has 2 aliphatic rings. The molecule has 34 heavy (non-hydrogen) atoms. The minimum Gasteiger partial charge on any atom is -0.486 e. The van der Waals surface area contributed by atoms with Crippen molar-refractivity contribution in [2.45, 2.75) is 23.8 Å². The first-order valence-electron chi connectivity index (χ1n) is 11.5. The monoisotopic (exact) mass is 480 g/mol. The SMILES string of the molecule is CN(C[C@H]1COc2ccccc2O1)C(=O)C1CCN(S(=O)(=O)c2ccc3ccccc3c2)CC1. The van der Waals surface area contributed by atoms with Crippen molar-refractivity contribution in [2.75, 3.05) is 33.3 Å². The summed E-state index contributed by atoms with van der Waals surface area (Å²) in [5.74, 6) is 1.22. The van der Waals surface area contributed by atoms with Crippen LogP contribution in [0.15, 0.2) is 71.6 Å². The van der Waals surface area contributed by atoms with Gasteiger partial charge in [0.05, 0.1) is 11.4 Å². The van der Waals surface area contributed by atoms with Gasteiger partial charge in [-0.3, -0.25) is 4.79 Å². The second-order valence-electron chi connectivity index (χ2n) is 8.90. The third-order valence-corrected chi connectivity index (χ3v) is 8.48. The molecule has 0 aromatic heterocycles. The highest BCUT2D eigenvalue weighted by Gasteiger charge is 2.34. The number of amides is 1. The molecule has 1 fully saturated rings. The molecule has 1 saturated heterocycles. The van der Waals surface area contributed by atoms with E-state index in [0.29, 0.717) is 55.5 Å². The molecule has 0 bridgehead atoms. The quantitative estimate of drug-likeness (QED) is 0.558. The Bertz CT molecular complexity index is 1300. The van der Waals surface area contributed by atoms with Crippen molar-refractivity contribution < 1.29 is 22.7 Å². The number of benzene rings is 3. The number of para-hydroxylation sites is 2. The van der Waals surface area contributed by atoms with Crippen LogP contribution in [0.25, 0.3) is 10.8 Å². The fourth-order valence-corrected chi connectivity index (χ4v) is 6.19. The lowest BCUT2D eigenvalue weighted by Crippen LogP contribution is -2.47. The van der Waals surface area contributed by atoms with Gasteiger partial charge in [-0.15, -0.1) is 0 Å². The zero-order valence-electron chi connectivity index (χ0n) is 19.1. The van der Waals surface area contributed by atoms with E-state index in [1.807, 2.05) is 54.6 Å². The molecule has 0 saturated carbocycles. The van der Waals surface area contributed by atoms with E-state index in [1.165, 1.54) is 4.31 Å². The van der Waals surface area contributed by atoms with E-state index in [4.69, 9.17) is 9.47 Å². The summed E-state index contributed by atoms with van der Waals surface area (Å²) in [6.07, 6.45) is 0.763. The van der Waals surface area contributed by atoms with Crippen LogP contribution in [0, 0.1) is 5.92 Å². The number of nitrogens with zero attached hydrogens (tertiary/aromatic N) is 2. The highest BCUT2D eigenvalue weighted by Crippen LogP contribution is 2.31. The highest BCUT2D eigenvalue weighted by molar-refractivity contribution is 7.89. The summed E-state index contributed by atoms with van der Waals surface area (Å²) in [4.78, 5) is 15.0. The van der Waals surface area contributed by atoms with Crippen molar-refractivity contribution in [2.24, 2.45) is 5.92 Å². The fraction of sp³-hybridized carbons (Fsp3) is 0.346. The number of piperidine rings is 1. The van der Waals surface area contributed by atoms with Gasteiger partial charge < -0.3 is 14.4 Å². The van der Waals surface area contributed by atoms with Gasteiger partial charge in [-0.1, -0.05) is 42.5 Å². The van der Waals surface area contributed by atoms with Crippen LogP contribution in [0.1, 0.15) is 12.8 Å². The number of carbonyl (C=O) groups excluding carboxylic acids is 1. The Labute approximate surface area is 199 Å². The first-order valence-corrected chi connectivity index (χ1v) is 13.0. The van der Waals surface area contributed by atoms with Gasteiger partial charge in [-0.05, 0) is 47.9 Å². The maximum atomic E-state index is 13.2. The number of hydrogen-bond acceptors (Lipinski definition) is 5. The number of rotatable bonds is 5. The van der Waals surface area contributed by atoms with E-state index in [1.54, 1.807) is 24.1 Å². The smallest absolute Gasteiger partial charge is 0.243 e. The lowest BCUT2D eigenvalue weighted by Gasteiger charge is -2.34. The number of hydrogen-bond donors (Lipinski definition) is 0. The van der Waals surface area contributed by atoms with Crippen LogP contribution in [0.5, 0.6) is 11.5 Å². The molecule has 8 heteroatoms. The van der Waals surface area contributed by atoms with Gasteiger partial charge in [0, 0.05) is 26.1 Å². The van der Waals surface area contributed by atoms with Crippen LogP contribution in [0.2, 0.25) is 0 Å². The van der Waals surface area contributed by atoms with Gasteiger partial charge in [0.15, 0.2) is 17.6 Å². The Kier molecular flexibility index (Phi) is 6.18. The molecule has 1 amide bonds. The number of ether oxygens (including phenoxy) is 2. The summed E-state index contributed by atoms with van der Waals surface area (Å²) in [6, 6.07) is 20.4. The predicted molar refractivity (Wildman–Crippen MR) is 129 cm³/mol. The van der Waals surface area contributed by atoms with Crippen LogP contribution < -0.4 is 9.47 Å². The number of fused-ring (bicyclic) bond motifs is 2. The molecule has 7 nitrogen and oxygen atoms in total. The first kappa shape index (κ1) is 22.7. The molecule has 3 aromatic carbocycles. The molecule has 5 rings (SSSR count). The molecule has 0 radical (unpaired) electrons. The Morgan fingerprint density at radius 3 is 2.41 bits per heavy atom. The third-order valence-electron chi connectivity index (χ3n) is 6.58. The van der Waals surface area contributed by atoms with Crippen molar-refractivity contribution >= 4 is 26.7 Å². The zero-order chi connectivity index (χ0) is 23.7. The van der Waals surface area contributed by atoms with Crippen LogP contribution in [0.4, 0.5) is 0 Å². The average Bonchev–Trinajstić information content (AvgIpc) is 2.88. The normalized spacial score (nSPS) is 19.1. The Hall–Kier alpha value is -3.10. The van der Waals surface area contributed by atoms with Crippen molar-refractivity contribution in [3.05, 3.63) is 66.7 Å². The predicted octanol–water partition coefficient (Wildman–Crippen LogP) is 3.54. The molecular formula is C26H28N2O5S. The lowest BCUT2D eigenvalue weighted by atomic mass is 9.96. The molecule has 2 heterocycles. The Morgan fingerprint density at radius 1 is 0.971 bits per heavy atom. The van der Waals surface area contributed by atoms with Crippen molar-refractivity contribution in [3.8, 4) is 11.5 Å². The van der Waals surface area contributed by atoms with Gasteiger partial charge in [-0.2, -0.15) is 4.31 Å². The standard InChI is InChI=1S/C26H28N2O5S/c1-27(17-22-18-32-24-8-4-5-9-25(24)33-22)26(29)20-12-14-28(15-13-20)34(30,31)23-11-10-19-6-2-3-7-21(19)16-23/h2-11,16,20,22H,12-15,17-18H2,1H3/t22-/m0/s1. The fourth-order valence-electron chi connectivity index (χ4n) is 4.68. The molecule has 0 aliphatic carbocycles. The number of carbonyl (C=O) groups is 1. The van der Waals surface area contributed by atoms with Gasteiger partial charge in [0.1, 0.15) is 6.61 Å². The Morgan fingerprint density at radius 2 is 1.65 bits per heavy atom. The second kappa shape index (κ2) is 9.27. The van der Waals surface area contributed by atoms with E-state index < -0.39 is 10.0 Å². The van der Waals surface area contributed by atoms with Crippen LogP contribution in [-0.2, 0) is 14.8 Å². The molecular weight excluding hydrogens is 452 g/mol. The zero-order valence-corrected chi connectivity index (χ0v) is 19.9. The highest BCUT2D eigenvalue weighted by atomic mass is 32.2. The maximum Gasteiger partial charge on any atom is 0.243 e. The van der Waals surface area contributed by atoms with E-state index in [0.717, 1.165) is 10.8 Å². The van der Waals surface area contributed by atoms with Crippen LogP contribution in [-0.4, -0.2) is 62.9 Å². The van der Waals surface area contributed by atoms with E-state index in [2.05, 4.69) is 0 Å². The second-order valence-corrected chi connectivity index (χ2v) is 10.8. The minimum atomic E-state index is -3.60. The van der Waals surface area contributed by atoms with Crippen molar-refractivity contribution in [1.82, 2.24) is 9.21 Å². The van der Waals surface area contributed by atoms with Gasteiger partial charge in [-0.25, -0.2) is 8.42 Å². The maximum absolute atomic E-state index is 13.2. The average molecular weight is 481 g/mol. The molecule has 0 spiro atoms. The summed E-state index contributed by atoms with van der Waals surface area (Å²) in [5, 5.41) is 1.90. The van der Waals surface area contributed by atoms with Crippen molar-refractivity contribution in [1.29, 1.82) is 0 Å². The molecule has 1 atom stereocenters. The van der Waals surface area contributed by atoms with E-state index in [9.17, 15) is 13.2 Å². The Balaban J connectivity index is 1.18. The van der Waals surface area contributed by atoms with Crippen LogP contribution >= 0.6 is 0 Å². The summed E-state index contributed by atoms with van der Waals surface area (Å²) in [5.41, 5.74) is 0. The molecule has 0 N–H and O–H groups in total. The summed E-state index contributed by atoms with van der Waals surface area (Å²) < 4.78 is 39.6. The van der Waals surface area contributed by atoms with E-state index in [-0.39, 0.29) is 17.9 Å². The molecule has 2 aliphatic heterocycles. The molecule has 178 valence electrons. The number of sulfonamides is 1. The summed E-state index contributed by atoms with van der Waals surface area (Å²) >= 11 is 0. The largest absolute Gasteiger partial charge is 0.486 e. The van der Waals surface area contributed by atoms with E-state index >= 15 is 0 Å². The third kappa shape index (κ3) is 4.48. The van der Waals surface area contributed by atoms with Gasteiger partial charge in [0.2, 0.25) is 15.9 Å². The van der Waals surface area contributed by atoms with Gasteiger partial charge >= 0.3 is 0 Å². The number of likely N-dealkylation sites (N-methyl/N-ethyl adjacent to an activating group) is 1. The molecule has 0 unspecified atom stereocenters. The summed E-state index contributed by atoms with van der Waals surface area (Å²) in [7, 11) is -1.83. The molecule has 3 aromatic rings. The van der Waals surface area contributed by atoms with Crippen LogP contribution in [0.3, 0.4) is 0 Å².